The van der Waals surface area contributed by atoms with Gasteiger partial charge in [0, 0.05) is 0 Å². The maximum absolute atomic E-state index is 14.4. The zero-order valence-electron chi connectivity index (χ0n) is 27.6. The zero-order valence-corrected chi connectivity index (χ0v) is 33.6. The normalized spacial score (nSPS) is 16.2. The Balaban J connectivity index is 7.61. The Bertz CT molecular complexity index is 768. The summed E-state index contributed by atoms with van der Waals surface area (Å²) in [6.07, 6.45) is -1.84. The lowest BCUT2D eigenvalue weighted by molar-refractivity contribution is -0.189. The van der Waals surface area contributed by atoms with Crippen molar-refractivity contribution in [3.05, 3.63) is 0 Å². The predicted octanol–water partition coefficient (Wildman–Crippen LogP) is 6.62. The first kappa shape index (κ1) is 38.1. The first-order valence-electron chi connectivity index (χ1n) is 13.5. The van der Waals surface area contributed by atoms with Gasteiger partial charge in [-0.3, -0.25) is 0 Å². The van der Waals surface area contributed by atoms with E-state index in [0.717, 1.165) is 0 Å². The Morgan fingerprint density at radius 2 is 0.895 bits per heavy atom. The van der Waals surface area contributed by atoms with Gasteiger partial charge in [0.15, 0.2) is 33.3 Å². The molecule has 0 spiro atoms. The third kappa shape index (κ3) is 15.2. The van der Waals surface area contributed by atoms with Crippen LogP contribution in [-0.4, -0.2) is 86.3 Å². The highest BCUT2D eigenvalue weighted by atomic mass is 28.4. The number of hydrogen-bond acceptors (Lipinski definition) is 8. The molecule has 0 bridgehead atoms. The van der Waals surface area contributed by atoms with E-state index >= 15 is 0 Å². The van der Waals surface area contributed by atoms with E-state index in [1.54, 1.807) is 0 Å². The largest absolute Gasteiger partial charge is 0.517 e. The van der Waals surface area contributed by atoms with Gasteiger partial charge in [-0.15, -0.1) is 0 Å². The van der Waals surface area contributed by atoms with E-state index in [0.29, 0.717) is 0 Å². The minimum absolute atomic E-state index is 0.173. The molecule has 0 unspecified atom stereocenters. The maximum atomic E-state index is 14.4. The molecule has 0 aromatic carbocycles. The van der Waals surface area contributed by atoms with Crippen LogP contribution in [0, 0.1) is 0 Å². The zero-order chi connectivity index (χ0) is 30.8. The summed E-state index contributed by atoms with van der Waals surface area (Å²) in [5.41, 5.74) is -2.14. The fourth-order valence-electron chi connectivity index (χ4n) is 3.42. The van der Waals surface area contributed by atoms with Gasteiger partial charge < -0.3 is 26.6 Å². The average Bonchev–Trinajstić information content (AvgIpc) is 2.55. The molecule has 0 aliphatic carbocycles. The molecule has 0 heterocycles. The van der Waals surface area contributed by atoms with Crippen LogP contribution in [0.2, 0.25) is 118 Å². The third-order valence-electron chi connectivity index (χ3n) is 4.28. The molecule has 0 amide bonds. The number of rotatable bonds is 15. The first-order valence-corrected chi connectivity index (χ1v) is 34.0. The summed E-state index contributed by atoms with van der Waals surface area (Å²) < 4.78 is 38.7. The molecule has 2 atom stereocenters. The van der Waals surface area contributed by atoms with Crippen molar-refractivity contribution in [2.45, 2.75) is 136 Å². The minimum Gasteiger partial charge on any atom is -0.517 e. The topological polar surface area (TPSA) is 89.5 Å². The van der Waals surface area contributed by atoms with Crippen LogP contribution in [-0.2, 0) is 36.1 Å². The van der Waals surface area contributed by atoms with Crippen LogP contribution in [0.1, 0.15) is 0 Å². The number of carbonyl (C=O) groups is 2. The summed E-state index contributed by atoms with van der Waals surface area (Å²) in [6, 6.07) is 0. The third-order valence-corrected chi connectivity index (χ3v) is 9.81. The van der Waals surface area contributed by atoms with Gasteiger partial charge in [0.05, 0.1) is 12.7 Å². The van der Waals surface area contributed by atoms with Crippen molar-refractivity contribution in [1.29, 1.82) is 0 Å². The van der Waals surface area contributed by atoms with Gasteiger partial charge in [-0.25, -0.2) is 9.59 Å². The van der Waals surface area contributed by atoms with Crippen LogP contribution >= 0.6 is 0 Å². The summed E-state index contributed by atoms with van der Waals surface area (Å²) in [4.78, 5) is 28.7. The van der Waals surface area contributed by atoms with Gasteiger partial charge in [0.1, 0.15) is 6.10 Å². The van der Waals surface area contributed by atoms with Crippen LogP contribution in [0.4, 0.5) is 0 Å². The van der Waals surface area contributed by atoms with Crippen molar-refractivity contribution in [3.63, 3.8) is 0 Å². The highest BCUT2D eigenvalue weighted by molar-refractivity contribution is 6.73. The van der Waals surface area contributed by atoms with Crippen molar-refractivity contribution in [2.75, 3.05) is 6.61 Å². The summed E-state index contributed by atoms with van der Waals surface area (Å²) in [7, 11) is -14.1. The molecule has 0 aliphatic heterocycles. The van der Waals surface area contributed by atoms with Crippen molar-refractivity contribution >= 4 is 61.8 Å². The van der Waals surface area contributed by atoms with E-state index in [1.165, 1.54) is 0 Å². The molecule has 0 saturated heterocycles. The van der Waals surface area contributed by atoms with Crippen LogP contribution in [0.3, 0.4) is 0 Å². The standard InChI is InChI=1S/C24H58O8Si6/c1-33(2,3)27-19-20(28-34(4,5)6)21(29-35(7,8)9)24(32-38(16,17)18,22(25)30-36(10,11)12)23(26)31-37(13,14)15/h20-21H,19H2,1-18H3/t20-,21-/m1/s1. The smallest absolute Gasteiger partial charge is 0.338 e. The Hall–Kier alpha value is 0.0813. The molecular weight excluding hydrogens is 585 g/mol. The molecule has 0 fully saturated rings. The number of carbonyl (C=O) groups excluding carboxylic acids is 2. The van der Waals surface area contributed by atoms with Crippen molar-refractivity contribution in [1.82, 2.24) is 0 Å². The number of hydrogen-bond donors (Lipinski definition) is 0. The molecule has 0 aromatic rings. The molecule has 0 rings (SSSR count). The van der Waals surface area contributed by atoms with E-state index in [2.05, 4.69) is 39.3 Å². The van der Waals surface area contributed by atoms with Gasteiger partial charge in [-0.1, -0.05) is 0 Å². The fraction of sp³-hybridized carbons (Fsp3) is 0.917. The van der Waals surface area contributed by atoms with E-state index < -0.39 is 79.7 Å². The molecule has 0 N–H and O–H groups in total. The SMILES string of the molecule is C[Si](C)(C)OC[C@@H](O[Si](C)(C)C)[C@@H](O[Si](C)(C)C)C(O[Si](C)(C)C)(C(=O)O[Si](C)(C)C)C(=O)O[Si](C)(C)C. The summed E-state index contributed by atoms with van der Waals surface area (Å²) in [5, 5.41) is 0. The maximum Gasteiger partial charge on any atom is 0.338 e. The van der Waals surface area contributed by atoms with E-state index in [9.17, 15) is 9.59 Å². The Morgan fingerprint density at radius 3 is 1.16 bits per heavy atom. The Labute approximate surface area is 239 Å². The van der Waals surface area contributed by atoms with E-state index in [4.69, 9.17) is 26.6 Å². The first-order chi connectivity index (χ1) is 16.4. The molecule has 8 nitrogen and oxygen atoms in total. The molecule has 14 heteroatoms. The second-order valence-corrected chi connectivity index (χ2v) is 42.5. The highest BCUT2D eigenvalue weighted by Gasteiger charge is 2.63. The second kappa shape index (κ2) is 12.9. The molecule has 38 heavy (non-hydrogen) atoms. The molecule has 0 aliphatic rings. The van der Waals surface area contributed by atoms with Crippen LogP contribution in [0.5, 0.6) is 0 Å². The highest BCUT2D eigenvalue weighted by Crippen LogP contribution is 2.36. The average molecular weight is 643 g/mol. The van der Waals surface area contributed by atoms with Gasteiger partial charge in [-0.05, 0) is 118 Å². The van der Waals surface area contributed by atoms with Crippen molar-refractivity contribution in [3.8, 4) is 0 Å². The van der Waals surface area contributed by atoms with Crippen LogP contribution in [0.25, 0.3) is 0 Å². The van der Waals surface area contributed by atoms with E-state index in [-0.39, 0.29) is 6.61 Å². The Morgan fingerprint density at radius 1 is 0.526 bits per heavy atom. The predicted molar refractivity (Wildman–Crippen MR) is 172 cm³/mol. The van der Waals surface area contributed by atoms with E-state index in [1.807, 2.05) is 78.6 Å². The monoisotopic (exact) mass is 642 g/mol. The molecule has 0 aromatic heterocycles. The molecule has 0 radical (unpaired) electrons. The van der Waals surface area contributed by atoms with Crippen molar-refractivity contribution < 1.29 is 36.1 Å². The van der Waals surface area contributed by atoms with Gasteiger partial charge in [-0.2, -0.15) is 0 Å². The summed E-state index contributed by atoms with van der Waals surface area (Å²) >= 11 is 0. The molecular formula is C24H58O8Si6. The second-order valence-electron chi connectivity index (χ2n) is 15.8. The molecule has 226 valence electrons. The van der Waals surface area contributed by atoms with Crippen LogP contribution < -0.4 is 0 Å². The fourth-order valence-corrected chi connectivity index (χ4v) is 8.93. The van der Waals surface area contributed by atoms with Gasteiger partial charge >= 0.3 is 11.9 Å². The molecule has 0 saturated carbocycles. The quantitative estimate of drug-likeness (QED) is 0.145. The summed E-state index contributed by atoms with van der Waals surface area (Å²) in [5.74, 6) is -1.49. The summed E-state index contributed by atoms with van der Waals surface area (Å²) in [6.45, 7) is 36.1. The Kier molecular flexibility index (Phi) is 13.0. The van der Waals surface area contributed by atoms with Crippen LogP contribution in [0.15, 0.2) is 0 Å². The van der Waals surface area contributed by atoms with Gasteiger partial charge in [0.2, 0.25) is 16.6 Å². The lowest BCUT2D eigenvalue weighted by Gasteiger charge is -2.47. The van der Waals surface area contributed by atoms with Crippen molar-refractivity contribution in [2.24, 2.45) is 0 Å². The lowest BCUT2D eigenvalue weighted by Crippen LogP contribution is -2.70. The minimum atomic E-state index is -2.58. The van der Waals surface area contributed by atoms with Gasteiger partial charge in [0.25, 0.3) is 5.60 Å². The lowest BCUT2D eigenvalue weighted by atomic mass is 9.93.